The fraction of sp³-hybridized carbons (Fsp3) is 0.286. The summed E-state index contributed by atoms with van der Waals surface area (Å²) in [4.78, 5) is 0. The van der Waals surface area contributed by atoms with Crippen molar-refractivity contribution >= 4 is 21.5 Å². The van der Waals surface area contributed by atoms with Gasteiger partial charge in [0.25, 0.3) is 0 Å². The first-order chi connectivity index (χ1) is 13.8. The van der Waals surface area contributed by atoms with Crippen LogP contribution >= 0.6 is 0 Å². The van der Waals surface area contributed by atoms with Crippen LogP contribution in [0.3, 0.4) is 0 Å². The van der Waals surface area contributed by atoms with Crippen molar-refractivity contribution in [3.63, 3.8) is 0 Å². The number of fused-ring (bicyclic) bond motifs is 2. The van der Waals surface area contributed by atoms with Crippen LogP contribution in [0.2, 0.25) is 0 Å². The summed E-state index contributed by atoms with van der Waals surface area (Å²) in [7, 11) is 0. The van der Waals surface area contributed by atoms with E-state index in [0.29, 0.717) is 0 Å². The lowest BCUT2D eigenvalue weighted by Gasteiger charge is -2.35. The summed E-state index contributed by atoms with van der Waals surface area (Å²) in [6.07, 6.45) is 6.14. The van der Waals surface area contributed by atoms with Crippen LogP contribution in [-0.4, -0.2) is 0 Å². The highest BCUT2D eigenvalue weighted by Gasteiger charge is 2.32. The maximum atomic E-state index is 2.43. The van der Waals surface area contributed by atoms with E-state index in [1.807, 2.05) is 0 Å². The summed E-state index contributed by atoms with van der Waals surface area (Å²) in [6, 6.07) is 31.6. The van der Waals surface area contributed by atoms with Crippen molar-refractivity contribution in [2.75, 3.05) is 0 Å². The van der Waals surface area contributed by atoms with Crippen molar-refractivity contribution in [3.05, 3.63) is 96.1 Å². The van der Waals surface area contributed by atoms with E-state index >= 15 is 0 Å². The molecule has 0 unspecified atom stereocenters. The van der Waals surface area contributed by atoms with E-state index in [9.17, 15) is 0 Å². The van der Waals surface area contributed by atoms with Crippen LogP contribution in [0.4, 0.5) is 0 Å². The average molecular weight is 367 g/mol. The molecular weight excluding hydrogens is 336 g/mol. The Morgan fingerprint density at radius 2 is 1.07 bits per heavy atom. The van der Waals surface area contributed by atoms with Crippen LogP contribution in [-0.2, 0) is 5.41 Å². The Bertz CT molecular complexity index is 994. The van der Waals surface area contributed by atoms with Crippen molar-refractivity contribution in [3.8, 4) is 0 Å². The third kappa shape index (κ3) is 3.44. The minimum absolute atomic E-state index is 0.0727. The van der Waals surface area contributed by atoms with E-state index in [2.05, 4.69) is 98.8 Å². The van der Waals surface area contributed by atoms with Crippen LogP contribution in [0.25, 0.3) is 21.5 Å². The van der Waals surface area contributed by atoms with Crippen LogP contribution in [0, 0.1) is 0 Å². The highest BCUT2D eigenvalue weighted by Crippen LogP contribution is 2.42. The van der Waals surface area contributed by atoms with Crippen LogP contribution in [0.15, 0.2) is 84.9 Å². The average Bonchev–Trinajstić information content (AvgIpc) is 2.76. The zero-order chi connectivity index (χ0) is 19.4. The van der Waals surface area contributed by atoms with Gasteiger partial charge < -0.3 is 0 Å². The quantitative estimate of drug-likeness (QED) is 0.289. The molecule has 0 heterocycles. The van der Waals surface area contributed by atoms with Gasteiger partial charge in [0.2, 0.25) is 0 Å². The van der Waals surface area contributed by atoms with Crippen LogP contribution in [0.5, 0.6) is 0 Å². The zero-order valence-electron chi connectivity index (χ0n) is 17.1. The molecule has 0 aromatic heterocycles. The van der Waals surface area contributed by atoms with Crippen molar-refractivity contribution in [2.24, 2.45) is 0 Å². The van der Waals surface area contributed by atoms with Gasteiger partial charge in [0.15, 0.2) is 0 Å². The standard InChI is InChI=1S/C28H30/c1-3-5-10-19-28(4-2,26-17-15-22-11-6-8-13-24(22)20-26)27-18-16-23-12-7-9-14-25(23)21-27/h6-9,11-18,20-21H,3-5,10,19H2,1-2H3. The Morgan fingerprint density at radius 1 is 0.571 bits per heavy atom. The molecule has 0 saturated carbocycles. The van der Waals surface area contributed by atoms with Gasteiger partial charge in [0, 0.05) is 5.41 Å². The van der Waals surface area contributed by atoms with E-state index in [4.69, 9.17) is 0 Å². The minimum Gasteiger partial charge on any atom is -0.0654 e. The number of hydrogen-bond donors (Lipinski definition) is 0. The largest absolute Gasteiger partial charge is 0.0654 e. The van der Waals surface area contributed by atoms with Gasteiger partial charge in [-0.2, -0.15) is 0 Å². The molecule has 0 heteroatoms. The predicted octanol–water partition coefficient (Wildman–Crippen LogP) is 8.27. The van der Waals surface area contributed by atoms with E-state index in [1.54, 1.807) is 0 Å². The Hall–Kier alpha value is -2.60. The molecule has 0 aliphatic rings. The minimum atomic E-state index is 0.0727. The predicted molar refractivity (Wildman–Crippen MR) is 123 cm³/mol. The summed E-state index contributed by atoms with van der Waals surface area (Å²) in [5.41, 5.74) is 2.99. The SMILES string of the molecule is CCCCCC(CC)(c1ccc2ccccc2c1)c1ccc2ccccc2c1. The summed E-state index contributed by atoms with van der Waals surface area (Å²) in [5.74, 6) is 0. The molecule has 0 bridgehead atoms. The molecule has 0 aliphatic carbocycles. The second kappa shape index (κ2) is 8.19. The first kappa shape index (κ1) is 18.7. The molecule has 4 rings (SSSR count). The van der Waals surface area contributed by atoms with Crippen molar-refractivity contribution in [1.29, 1.82) is 0 Å². The lowest BCUT2D eigenvalue weighted by Crippen LogP contribution is -2.27. The van der Waals surface area contributed by atoms with Gasteiger partial charge in [-0.15, -0.1) is 0 Å². The second-order valence-electron chi connectivity index (χ2n) is 8.02. The number of rotatable bonds is 7. The summed E-state index contributed by atoms with van der Waals surface area (Å²) >= 11 is 0. The van der Waals surface area contributed by atoms with Gasteiger partial charge in [0.05, 0.1) is 0 Å². The molecule has 0 fully saturated rings. The first-order valence-electron chi connectivity index (χ1n) is 10.8. The fourth-order valence-corrected chi connectivity index (χ4v) is 4.69. The molecule has 0 aliphatic heterocycles. The summed E-state index contributed by atoms with van der Waals surface area (Å²) < 4.78 is 0. The Balaban J connectivity index is 1.88. The van der Waals surface area contributed by atoms with Crippen molar-refractivity contribution in [2.45, 2.75) is 51.4 Å². The van der Waals surface area contributed by atoms with Gasteiger partial charge in [-0.05, 0) is 45.5 Å². The van der Waals surface area contributed by atoms with Gasteiger partial charge in [-0.3, -0.25) is 0 Å². The zero-order valence-corrected chi connectivity index (χ0v) is 17.1. The third-order valence-corrected chi connectivity index (χ3v) is 6.41. The number of unbranched alkanes of at least 4 members (excludes halogenated alkanes) is 2. The van der Waals surface area contributed by atoms with E-state index in [-0.39, 0.29) is 5.41 Å². The van der Waals surface area contributed by atoms with E-state index < -0.39 is 0 Å². The highest BCUT2D eigenvalue weighted by molar-refractivity contribution is 5.85. The Labute approximate surface area is 169 Å². The molecule has 0 radical (unpaired) electrons. The highest BCUT2D eigenvalue weighted by atomic mass is 14.4. The van der Waals surface area contributed by atoms with E-state index in [1.165, 1.54) is 58.4 Å². The van der Waals surface area contributed by atoms with Gasteiger partial charge in [0.1, 0.15) is 0 Å². The van der Waals surface area contributed by atoms with Gasteiger partial charge in [-0.1, -0.05) is 118 Å². The molecule has 142 valence electrons. The molecule has 0 amide bonds. The fourth-order valence-electron chi connectivity index (χ4n) is 4.69. The smallest absolute Gasteiger partial charge is 0.0200 e. The molecule has 4 aromatic carbocycles. The van der Waals surface area contributed by atoms with Gasteiger partial charge >= 0.3 is 0 Å². The maximum Gasteiger partial charge on any atom is 0.0200 e. The second-order valence-corrected chi connectivity index (χ2v) is 8.02. The lowest BCUT2D eigenvalue weighted by molar-refractivity contribution is 0.432. The molecule has 0 spiro atoms. The molecule has 0 saturated heterocycles. The Morgan fingerprint density at radius 3 is 1.54 bits per heavy atom. The molecular formula is C28H30. The van der Waals surface area contributed by atoms with Crippen LogP contribution in [0.1, 0.15) is 57.1 Å². The Kier molecular flexibility index (Phi) is 5.48. The van der Waals surface area contributed by atoms with Crippen molar-refractivity contribution in [1.82, 2.24) is 0 Å². The monoisotopic (exact) mass is 366 g/mol. The maximum absolute atomic E-state index is 2.43. The lowest BCUT2D eigenvalue weighted by atomic mass is 9.68. The summed E-state index contributed by atoms with van der Waals surface area (Å²) in [6.45, 7) is 4.65. The van der Waals surface area contributed by atoms with Crippen LogP contribution < -0.4 is 0 Å². The molecule has 4 aromatic rings. The molecule has 0 N–H and O–H groups in total. The topological polar surface area (TPSA) is 0 Å². The number of benzene rings is 4. The first-order valence-corrected chi connectivity index (χ1v) is 10.8. The molecule has 0 nitrogen and oxygen atoms in total. The molecule has 28 heavy (non-hydrogen) atoms. The summed E-state index contributed by atoms with van der Waals surface area (Å²) in [5, 5.41) is 5.33. The number of hydrogen-bond acceptors (Lipinski definition) is 0. The van der Waals surface area contributed by atoms with Crippen molar-refractivity contribution < 1.29 is 0 Å². The third-order valence-electron chi connectivity index (χ3n) is 6.41. The molecule has 0 atom stereocenters. The van der Waals surface area contributed by atoms with Gasteiger partial charge in [-0.25, -0.2) is 0 Å². The normalized spacial score (nSPS) is 11.9. The van der Waals surface area contributed by atoms with E-state index in [0.717, 1.165) is 6.42 Å².